The minimum absolute atomic E-state index is 0.262. The highest BCUT2D eigenvalue weighted by Gasteiger charge is 2.63. The van der Waals surface area contributed by atoms with Gasteiger partial charge in [-0.25, -0.2) is 9.59 Å². The lowest BCUT2D eigenvalue weighted by atomic mass is 9.43. The van der Waals surface area contributed by atoms with E-state index in [1.807, 2.05) is 12.1 Å². The van der Waals surface area contributed by atoms with E-state index in [9.17, 15) is 9.59 Å². The smallest absolute Gasteiger partial charge is 0.339 e. The highest BCUT2D eigenvalue weighted by Crippen LogP contribution is 2.68. The van der Waals surface area contributed by atoms with Crippen molar-refractivity contribution >= 4 is 11.9 Å². The monoisotopic (exact) mass is 490 g/mol. The Labute approximate surface area is 215 Å². The number of hydrogen-bond donors (Lipinski definition) is 0. The summed E-state index contributed by atoms with van der Waals surface area (Å²) in [6, 6.07) is 7.18. The predicted molar refractivity (Wildman–Crippen MR) is 138 cm³/mol. The Morgan fingerprint density at radius 1 is 0.583 bits per heavy atom. The summed E-state index contributed by atoms with van der Waals surface area (Å²) in [6.45, 7) is 9.54. The van der Waals surface area contributed by atoms with Gasteiger partial charge in [-0.1, -0.05) is 39.8 Å². The second-order valence-corrected chi connectivity index (χ2v) is 16.0. The van der Waals surface area contributed by atoms with E-state index in [0.717, 1.165) is 38.5 Å². The maximum atomic E-state index is 13.7. The maximum Gasteiger partial charge on any atom is 0.339 e. The van der Waals surface area contributed by atoms with Gasteiger partial charge in [0.1, 0.15) is 11.2 Å². The summed E-state index contributed by atoms with van der Waals surface area (Å²) in [7, 11) is 0. The fraction of sp³-hybridized carbons (Fsp3) is 0.750. The van der Waals surface area contributed by atoms with Gasteiger partial charge in [0.15, 0.2) is 0 Å². The normalized spacial score (nSPS) is 49.8. The van der Waals surface area contributed by atoms with E-state index in [4.69, 9.17) is 9.47 Å². The molecular weight excluding hydrogens is 448 g/mol. The van der Waals surface area contributed by atoms with Crippen LogP contribution < -0.4 is 0 Å². The summed E-state index contributed by atoms with van der Waals surface area (Å²) < 4.78 is 12.9. The highest BCUT2D eigenvalue weighted by atomic mass is 16.6. The molecular formula is C32H42O4. The van der Waals surface area contributed by atoms with Gasteiger partial charge in [0.25, 0.3) is 0 Å². The second kappa shape index (κ2) is 6.97. The van der Waals surface area contributed by atoms with Crippen molar-refractivity contribution in [1.29, 1.82) is 0 Å². The third-order valence-electron chi connectivity index (χ3n) is 11.1. The molecule has 9 rings (SSSR count). The van der Waals surface area contributed by atoms with Crippen LogP contribution in [0.15, 0.2) is 24.3 Å². The minimum atomic E-state index is -0.389. The predicted octanol–water partition coefficient (Wildman–Crippen LogP) is 7.50. The van der Waals surface area contributed by atoms with Gasteiger partial charge in [0, 0.05) is 0 Å². The van der Waals surface area contributed by atoms with Crippen LogP contribution in [-0.2, 0) is 9.47 Å². The SMILES string of the molecule is CC12CC3CC(C)(C1)CC(OC(=O)c1ccccc1C(=O)OC14CC5CC(C)(CC(C)(C5)C1)C4)(C3)C2. The van der Waals surface area contributed by atoms with Gasteiger partial charge in [0.05, 0.1) is 11.1 Å². The zero-order valence-electron chi connectivity index (χ0n) is 22.6. The van der Waals surface area contributed by atoms with Gasteiger partial charge in [-0.2, -0.15) is 0 Å². The Morgan fingerprint density at radius 3 is 1.22 bits per heavy atom. The topological polar surface area (TPSA) is 52.6 Å². The van der Waals surface area contributed by atoms with Crippen molar-refractivity contribution in [2.75, 3.05) is 0 Å². The van der Waals surface area contributed by atoms with Crippen LogP contribution in [0.1, 0.15) is 125 Å². The van der Waals surface area contributed by atoms with Gasteiger partial charge < -0.3 is 9.47 Å². The molecule has 4 unspecified atom stereocenters. The fourth-order valence-electron chi connectivity index (χ4n) is 12.3. The van der Waals surface area contributed by atoms with Crippen LogP contribution in [-0.4, -0.2) is 23.1 Å². The average molecular weight is 491 g/mol. The molecule has 8 fully saturated rings. The summed E-state index contributed by atoms with van der Waals surface area (Å²) in [5.41, 5.74) is 1.01. The molecule has 8 aliphatic rings. The van der Waals surface area contributed by atoms with Crippen LogP contribution >= 0.6 is 0 Å². The quantitative estimate of drug-likeness (QED) is 0.410. The standard InChI is InChI=1S/C32H42O4/c1-27-9-21-10-28(2,15-27)18-31(13-21,17-27)35-25(33)23-7-5-6-8-24(23)26(34)36-32-14-22-11-29(3,19-32)16-30(4,12-22)20-32/h5-8,21-22H,9-20H2,1-4H3. The molecule has 36 heavy (non-hydrogen) atoms. The van der Waals surface area contributed by atoms with E-state index in [1.165, 1.54) is 38.5 Å². The van der Waals surface area contributed by atoms with Crippen LogP contribution in [0.4, 0.5) is 0 Å². The molecule has 1 aromatic carbocycles. The van der Waals surface area contributed by atoms with Crippen LogP contribution in [0.5, 0.6) is 0 Å². The molecule has 8 bridgehead atoms. The third kappa shape index (κ3) is 3.60. The van der Waals surface area contributed by atoms with Crippen molar-refractivity contribution in [3.05, 3.63) is 35.4 Å². The zero-order chi connectivity index (χ0) is 25.2. The van der Waals surface area contributed by atoms with Crippen LogP contribution in [0, 0.1) is 33.5 Å². The molecule has 0 aromatic heterocycles. The molecule has 0 N–H and O–H groups in total. The van der Waals surface area contributed by atoms with Crippen molar-refractivity contribution in [2.45, 2.75) is 116 Å². The number of carbonyl (C=O) groups is 2. The van der Waals surface area contributed by atoms with E-state index in [0.29, 0.717) is 23.0 Å². The molecule has 4 nitrogen and oxygen atoms in total. The number of ether oxygens (including phenoxy) is 2. The molecule has 0 aliphatic heterocycles. The van der Waals surface area contributed by atoms with Gasteiger partial charge in [0.2, 0.25) is 0 Å². The first-order valence-electron chi connectivity index (χ1n) is 14.4. The third-order valence-corrected chi connectivity index (χ3v) is 11.1. The van der Waals surface area contributed by atoms with E-state index >= 15 is 0 Å². The van der Waals surface area contributed by atoms with Gasteiger partial charge in [-0.15, -0.1) is 0 Å². The average Bonchev–Trinajstić information content (AvgIpc) is 2.67. The van der Waals surface area contributed by atoms with Crippen LogP contribution in [0.25, 0.3) is 0 Å². The molecule has 8 saturated carbocycles. The minimum Gasteiger partial charge on any atom is -0.455 e. The number of benzene rings is 1. The largest absolute Gasteiger partial charge is 0.455 e. The lowest BCUT2D eigenvalue weighted by Crippen LogP contribution is -2.60. The Morgan fingerprint density at radius 2 is 0.917 bits per heavy atom. The van der Waals surface area contributed by atoms with Crippen molar-refractivity contribution in [3.63, 3.8) is 0 Å². The summed E-state index contributed by atoms with van der Waals surface area (Å²) in [4.78, 5) is 27.4. The molecule has 4 atom stereocenters. The first-order valence-corrected chi connectivity index (χ1v) is 14.4. The van der Waals surface area contributed by atoms with Crippen molar-refractivity contribution in [1.82, 2.24) is 0 Å². The summed E-state index contributed by atoms with van der Waals surface area (Å²) >= 11 is 0. The molecule has 1 aromatic rings. The van der Waals surface area contributed by atoms with E-state index < -0.39 is 0 Å². The molecule has 8 aliphatic carbocycles. The Kier molecular flexibility index (Phi) is 4.51. The van der Waals surface area contributed by atoms with E-state index in [-0.39, 0.29) is 44.8 Å². The maximum absolute atomic E-state index is 13.7. The van der Waals surface area contributed by atoms with Crippen LogP contribution in [0.3, 0.4) is 0 Å². The van der Waals surface area contributed by atoms with Crippen molar-refractivity contribution < 1.29 is 19.1 Å². The number of hydrogen-bond acceptors (Lipinski definition) is 4. The zero-order valence-corrected chi connectivity index (χ0v) is 22.6. The Balaban J connectivity index is 1.14. The molecule has 0 radical (unpaired) electrons. The summed E-state index contributed by atoms with van der Waals surface area (Å²) in [5.74, 6) is 0.591. The number of carbonyl (C=O) groups excluding carboxylic acids is 2. The van der Waals surface area contributed by atoms with Gasteiger partial charge >= 0.3 is 11.9 Å². The number of rotatable bonds is 4. The van der Waals surface area contributed by atoms with E-state index in [1.54, 1.807) is 12.1 Å². The van der Waals surface area contributed by atoms with Gasteiger partial charge in [-0.05, 0) is 123 Å². The van der Waals surface area contributed by atoms with E-state index in [2.05, 4.69) is 27.7 Å². The van der Waals surface area contributed by atoms with Crippen LogP contribution in [0.2, 0.25) is 0 Å². The Hall–Kier alpha value is -1.84. The molecule has 0 saturated heterocycles. The lowest BCUT2D eigenvalue weighted by molar-refractivity contribution is -0.192. The first-order chi connectivity index (χ1) is 16.8. The summed E-state index contributed by atoms with van der Waals surface area (Å²) in [6.07, 6.45) is 13.2. The van der Waals surface area contributed by atoms with Crippen molar-refractivity contribution in [2.24, 2.45) is 33.5 Å². The second-order valence-electron chi connectivity index (χ2n) is 16.0. The first kappa shape index (κ1) is 23.3. The molecule has 0 amide bonds. The highest BCUT2D eigenvalue weighted by molar-refractivity contribution is 6.03. The number of esters is 2. The lowest BCUT2D eigenvalue weighted by Gasteiger charge is -2.64. The van der Waals surface area contributed by atoms with Gasteiger partial charge in [-0.3, -0.25) is 0 Å². The molecule has 0 heterocycles. The Bertz CT molecular complexity index is 1030. The fourth-order valence-corrected chi connectivity index (χ4v) is 12.3. The molecule has 194 valence electrons. The van der Waals surface area contributed by atoms with Crippen molar-refractivity contribution in [3.8, 4) is 0 Å². The molecule has 0 spiro atoms. The summed E-state index contributed by atoms with van der Waals surface area (Å²) in [5, 5.41) is 0. The molecule has 4 heteroatoms.